The minimum absolute atomic E-state index is 0.108. The summed E-state index contributed by atoms with van der Waals surface area (Å²) in [6, 6.07) is 17.9. The molecule has 0 spiro atoms. The Kier molecular flexibility index (Phi) is 5.34. The van der Waals surface area contributed by atoms with Crippen molar-refractivity contribution in [1.29, 1.82) is 0 Å². The number of thioether (sulfide) groups is 1. The van der Waals surface area contributed by atoms with Crippen LogP contribution in [0.4, 0.5) is 0 Å². The smallest absolute Gasteiger partial charge is 0.192 e. The fourth-order valence-electron chi connectivity index (χ4n) is 2.56. The lowest BCUT2D eigenvalue weighted by Crippen LogP contribution is -2.15. The van der Waals surface area contributed by atoms with Gasteiger partial charge in [0, 0.05) is 5.56 Å². The topological polar surface area (TPSA) is 47.8 Å². The normalized spacial score (nSPS) is 12.1. The van der Waals surface area contributed by atoms with Gasteiger partial charge in [0.2, 0.25) is 0 Å². The summed E-state index contributed by atoms with van der Waals surface area (Å²) in [7, 11) is 0. The van der Waals surface area contributed by atoms with Gasteiger partial charge in [0.25, 0.3) is 0 Å². The first-order chi connectivity index (χ1) is 12.0. The summed E-state index contributed by atoms with van der Waals surface area (Å²) >= 11 is 1.46. The maximum absolute atomic E-state index is 12.7. The number of hydrogen-bond donors (Lipinski definition) is 0. The second-order valence-electron chi connectivity index (χ2n) is 6.09. The second kappa shape index (κ2) is 7.66. The van der Waals surface area contributed by atoms with Crippen molar-refractivity contribution in [2.75, 3.05) is 0 Å². The van der Waals surface area contributed by atoms with E-state index < -0.39 is 0 Å². The zero-order valence-electron chi connectivity index (χ0n) is 14.6. The summed E-state index contributed by atoms with van der Waals surface area (Å²) in [5.74, 6) is 0.957. The minimum atomic E-state index is -0.221. The summed E-state index contributed by atoms with van der Waals surface area (Å²) in [5, 5.41) is 9.01. The molecule has 4 nitrogen and oxygen atoms in total. The molecule has 0 fully saturated rings. The van der Waals surface area contributed by atoms with E-state index in [1.54, 1.807) is 0 Å². The Morgan fingerprint density at radius 1 is 1.04 bits per heavy atom. The quantitative estimate of drug-likeness (QED) is 0.490. The first-order valence-electron chi connectivity index (χ1n) is 8.26. The maximum Gasteiger partial charge on any atom is 0.192 e. The van der Waals surface area contributed by atoms with Crippen molar-refractivity contribution in [1.82, 2.24) is 14.8 Å². The third-order valence-electron chi connectivity index (χ3n) is 4.07. The second-order valence-corrected chi connectivity index (χ2v) is 7.40. The van der Waals surface area contributed by atoms with Crippen LogP contribution in [-0.4, -0.2) is 25.8 Å². The van der Waals surface area contributed by atoms with E-state index in [0.29, 0.717) is 6.54 Å². The number of aryl methyl sites for hydroxylation is 2. The standard InChI is InChI=1S/C20H21N3OS/c1-14-9-11-18(12-10-14)19(24)15(2)25-20-22-21-16(3)23(20)13-17-7-5-4-6-8-17/h4-12,15H,13H2,1-3H3. The molecule has 0 aliphatic rings. The number of nitrogens with zero attached hydrogens (tertiary/aromatic N) is 3. The van der Waals surface area contributed by atoms with E-state index in [0.717, 1.165) is 22.1 Å². The average molecular weight is 351 g/mol. The zero-order chi connectivity index (χ0) is 17.8. The number of aromatic nitrogens is 3. The van der Waals surface area contributed by atoms with Crippen LogP contribution in [0.5, 0.6) is 0 Å². The van der Waals surface area contributed by atoms with Crippen LogP contribution in [-0.2, 0) is 6.54 Å². The van der Waals surface area contributed by atoms with Crippen LogP contribution in [0.2, 0.25) is 0 Å². The Labute approximate surface area is 152 Å². The molecule has 1 aromatic heterocycles. The summed E-state index contributed by atoms with van der Waals surface area (Å²) < 4.78 is 2.05. The van der Waals surface area contributed by atoms with E-state index in [-0.39, 0.29) is 11.0 Å². The van der Waals surface area contributed by atoms with E-state index in [9.17, 15) is 4.79 Å². The number of ketones is 1. The highest BCUT2D eigenvalue weighted by atomic mass is 32.2. The maximum atomic E-state index is 12.7. The molecule has 1 unspecified atom stereocenters. The van der Waals surface area contributed by atoms with Gasteiger partial charge in [-0.15, -0.1) is 10.2 Å². The summed E-state index contributed by atoms with van der Waals surface area (Å²) in [6.45, 7) is 6.57. The molecule has 0 bridgehead atoms. The van der Waals surface area contributed by atoms with Crippen molar-refractivity contribution in [3.8, 4) is 0 Å². The largest absolute Gasteiger partial charge is 0.302 e. The number of benzene rings is 2. The first-order valence-corrected chi connectivity index (χ1v) is 9.14. The van der Waals surface area contributed by atoms with E-state index >= 15 is 0 Å². The molecule has 0 aliphatic carbocycles. The number of rotatable bonds is 6. The lowest BCUT2D eigenvalue weighted by Gasteiger charge is -2.12. The monoisotopic (exact) mass is 351 g/mol. The predicted octanol–water partition coefficient (Wildman–Crippen LogP) is 4.31. The Balaban J connectivity index is 1.76. The van der Waals surface area contributed by atoms with E-state index in [1.165, 1.54) is 17.3 Å². The fourth-order valence-corrected chi connectivity index (χ4v) is 3.53. The molecule has 1 heterocycles. The molecule has 3 aromatic rings. The van der Waals surface area contributed by atoms with Gasteiger partial charge in [-0.1, -0.05) is 71.9 Å². The molecule has 0 radical (unpaired) electrons. The lowest BCUT2D eigenvalue weighted by molar-refractivity contribution is 0.0994. The van der Waals surface area contributed by atoms with E-state index in [4.69, 9.17) is 0 Å². The van der Waals surface area contributed by atoms with Crippen molar-refractivity contribution in [3.05, 3.63) is 77.1 Å². The average Bonchev–Trinajstić information content (AvgIpc) is 2.96. The van der Waals surface area contributed by atoms with Gasteiger partial charge < -0.3 is 4.57 Å². The van der Waals surface area contributed by atoms with Crippen molar-refractivity contribution in [3.63, 3.8) is 0 Å². The highest BCUT2D eigenvalue weighted by Crippen LogP contribution is 2.25. The van der Waals surface area contributed by atoms with Gasteiger partial charge in [-0.05, 0) is 26.3 Å². The van der Waals surface area contributed by atoms with Crippen LogP contribution in [0.1, 0.15) is 34.2 Å². The molecular formula is C20H21N3OS. The van der Waals surface area contributed by atoms with Gasteiger partial charge in [-0.2, -0.15) is 0 Å². The fraction of sp³-hybridized carbons (Fsp3) is 0.250. The molecule has 0 aliphatic heterocycles. The van der Waals surface area contributed by atoms with Crippen LogP contribution in [0.25, 0.3) is 0 Å². The van der Waals surface area contributed by atoms with Crippen molar-refractivity contribution < 1.29 is 4.79 Å². The predicted molar refractivity (Wildman–Crippen MR) is 101 cm³/mol. The summed E-state index contributed by atoms with van der Waals surface area (Å²) in [6.07, 6.45) is 0. The van der Waals surface area contributed by atoms with Gasteiger partial charge in [0.1, 0.15) is 5.82 Å². The van der Waals surface area contributed by atoms with Gasteiger partial charge in [0.15, 0.2) is 10.9 Å². The third-order valence-corrected chi connectivity index (χ3v) is 5.15. The SMILES string of the molecule is Cc1ccc(C(=O)C(C)Sc2nnc(C)n2Cc2ccccc2)cc1. The van der Waals surface area contributed by atoms with Crippen LogP contribution >= 0.6 is 11.8 Å². The van der Waals surface area contributed by atoms with E-state index in [1.807, 2.05) is 63.2 Å². The molecule has 128 valence electrons. The molecule has 0 amide bonds. The van der Waals surface area contributed by atoms with Crippen LogP contribution in [0.3, 0.4) is 0 Å². The molecule has 2 aromatic carbocycles. The zero-order valence-corrected chi connectivity index (χ0v) is 15.5. The highest BCUT2D eigenvalue weighted by Gasteiger charge is 2.20. The first kappa shape index (κ1) is 17.4. The Bertz CT molecular complexity index is 856. The molecule has 25 heavy (non-hydrogen) atoms. The van der Waals surface area contributed by atoms with Gasteiger partial charge >= 0.3 is 0 Å². The Hall–Kier alpha value is -2.40. The molecular weight excluding hydrogens is 330 g/mol. The summed E-state index contributed by atoms with van der Waals surface area (Å²) in [4.78, 5) is 12.7. The molecule has 5 heteroatoms. The molecule has 3 rings (SSSR count). The van der Waals surface area contributed by atoms with Gasteiger partial charge in [0.05, 0.1) is 11.8 Å². The van der Waals surface area contributed by atoms with Crippen molar-refractivity contribution >= 4 is 17.5 Å². The molecule has 0 saturated carbocycles. The lowest BCUT2D eigenvalue weighted by atomic mass is 10.1. The van der Waals surface area contributed by atoms with Crippen molar-refractivity contribution in [2.45, 2.75) is 37.7 Å². The van der Waals surface area contributed by atoms with Crippen LogP contribution in [0.15, 0.2) is 59.8 Å². The third kappa shape index (κ3) is 4.17. The van der Waals surface area contributed by atoms with Crippen molar-refractivity contribution in [2.24, 2.45) is 0 Å². The van der Waals surface area contributed by atoms with Gasteiger partial charge in [-0.3, -0.25) is 4.79 Å². The number of hydrogen-bond acceptors (Lipinski definition) is 4. The Morgan fingerprint density at radius 2 is 1.72 bits per heavy atom. The molecule has 0 saturated heterocycles. The summed E-state index contributed by atoms with van der Waals surface area (Å²) in [5.41, 5.74) is 3.07. The highest BCUT2D eigenvalue weighted by molar-refractivity contribution is 8.00. The van der Waals surface area contributed by atoms with Crippen LogP contribution in [0, 0.1) is 13.8 Å². The molecule has 1 atom stereocenters. The number of carbonyl (C=O) groups is 1. The minimum Gasteiger partial charge on any atom is -0.302 e. The van der Waals surface area contributed by atoms with Crippen LogP contribution < -0.4 is 0 Å². The Morgan fingerprint density at radius 3 is 2.40 bits per heavy atom. The van der Waals surface area contributed by atoms with Gasteiger partial charge in [-0.25, -0.2) is 0 Å². The number of carbonyl (C=O) groups excluding carboxylic acids is 1. The van der Waals surface area contributed by atoms with E-state index in [2.05, 4.69) is 26.9 Å². The number of Topliss-reactive ketones (excluding diaryl/α,β-unsaturated/α-hetero) is 1. The molecule has 0 N–H and O–H groups in total.